The van der Waals surface area contributed by atoms with Gasteiger partial charge in [0.15, 0.2) is 0 Å². The van der Waals surface area contributed by atoms with Crippen molar-refractivity contribution in [3.8, 4) is 5.75 Å². The minimum absolute atomic E-state index is 0.129. The van der Waals surface area contributed by atoms with E-state index in [1.54, 1.807) is 0 Å². The van der Waals surface area contributed by atoms with Gasteiger partial charge < -0.3 is 15.8 Å². The Bertz CT molecular complexity index is 767. The number of benzene rings is 1. The van der Waals surface area contributed by atoms with Crippen LogP contribution in [0.5, 0.6) is 5.75 Å². The van der Waals surface area contributed by atoms with E-state index in [2.05, 4.69) is 10.3 Å². The van der Waals surface area contributed by atoms with Crippen LogP contribution in [0.1, 0.15) is 38.8 Å². The molecule has 1 aromatic heterocycles. The molecule has 1 aromatic carbocycles. The molecule has 5 nitrogen and oxygen atoms in total. The fraction of sp³-hybridized carbons (Fsp3) is 0.474. The number of hydrogen-bond acceptors (Lipinski definition) is 4. The van der Waals surface area contributed by atoms with Crippen molar-refractivity contribution in [2.24, 2.45) is 5.92 Å². The molecular weight excluding hydrogens is 302 g/mol. The minimum atomic E-state index is -0.443. The van der Waals surface area contributed by atoms with Crippen LogP contribution in [0.4, 0.5) is 5.69 Å². The van der Waals surface area contributed by atoms with Crippen molar-refractivity contribution < 1.29 is 9.53 Å². The van der Waals surface area contributed by atoms with Gasteiger partial charge in [-0.05, 0) is 51.8 Å². The van der Waals surface area contributed by atoms with Gasteiger partial charge in [-0.2, -0.15) is 0 Å². The van der Waals surface area contributed by atoms with Crippen molar-refractivity contribution in [1.82, 2.24) is 10.3 Å². The third kappa shape index (κ3) is 3.45. The molecule has 3 rings (SSSR count). The highest BCUT2D eigenvalue weighted by molar-refractivity contribution is 5.95. The predicted molar refractivity (Wildman–Crippen MR) is 96.0 cm³/mol. The number of rotatable bonds is 5. The molecule has 1 aliphatic carbocycles. The SMILES string of the molecule is Cc1cc(N)c2c(OCC(C)(C)NC(=O)C3CCC3)cccc2n1. The van der Waals surface area contributed by atoms with Crippen LogP contribution in [0.25, 0.3) is 10.9 Å². The maximum Gasteiger partial charge on any atom is 0.223 e. The van der Waals surface area contributed by atoms with Crippen LogP contribution in [-0.4, -0.2) is 23.0 Å². The smallest absolute Gasteiger partial charge is 0.223 e. The van der Waals surface area contributed by atoms with Crippen molar-refractivity contribution in [1.29, 1.82) is 0 Å². The van der Waals surface area contributed by atoms with Crippen LogP contribution < -0.4 is 15.8 Å². The number of anilines is 1. The molecule has 128 valence electrons. The van der Waals surface area contributed by atoms with Gasteiger partial charge in [-0.1, -0.05) is 12.5 Å². The predicted octanol–water partition coefficient (Wildman–Crippen LogP) is 3.20. The molecule has 2 aromatic rings. The van der Waals surface area contributed by atoms with Gasteiger partial charge >= 0.3 is 0 Å². The summed E-state index contributed by atoms with van der Waals surface area (Å²) >= 11 is 0. The van der Waals surface area contributed by atoms with E-state index in [1.807, 2.05) is 45.0 Å². The van der Waals surface area contributed by atoms with E-state index in [9.17, 15) is 4.79 Å². The third-order valence-corrected chi connectivity index (χ3v) is 4.48. The van der Waals surface area contributed by atoms with Gasteiger partial charge in [0.1, 0.15) is 12.4 Å². The average molecular weight is 327 g/mol. The number of aromatic nitrogens is 1. The zero-order valence-corrected chi connectivity index (χ0v) is 14.6. The fourth-order valence-corrected chi connectivity index (χ4v) is 2.94. The second kappa shape index (κ2) is 6.30. The summed E-state index contributed by atoms with van der Waals surface area (Å²) in [6.45, 7) is 6.24. The van der Waals surface area contributed by atoms with Crippen molar-refractivity contribution in [3.05, 3.63) is 30.0 Å². The number of amides is 1. The highest BCUT2D eigenvalue weighted by atomic mass is 16.5. The van der Waals surface area contributed by atoms with Crippen LogP contribution in [0.2, 0.25) is 0 Å². The Hall–Kier alpha value is -2.30. The summed E-state index contributed by atoms with van der Waals surface area (Å²) < 4.78 is 6.00. The van der Waals surface area contributed by atoms with Crippen LogP contribution in [0.15, 0.2) is 24.3 Å². The van der Waals surface area contributed by atoms with Crippen molar-refractivity contribution >= 4 is 22.5 Å². The van der Waals surface area contributed by atoms with Gasteiger partial charge in [0.25, 0.3) is 0 Å². The van der Waals surface area contributed by atoms with E-state index in [0.717, 1.165) is 35.9 Å². The van der Waals surface area contributed by atoms with E-state index in [1.165, 1.54) is 0 Å². The van der Waals surface area contributed by atoms with Crippen molar-refractivity contribution in [2.75, 3.05) is 12.3 Å². The van der Waals surface area contributed by atoms with E-state index < -0.39 is 5.54 Å². The summed E-state index contributed by atoms with van der Waals surface area (Å²) in [6.07, 6.45) is 3.14. The Labute approximate surface area is 142 Å². The molecule has 5 heteroatoms. The van der Waals surface area contributed by atoms with E-state index in [4.69, 9.17) is 10.5 Å². The Kier molecular flexibility index (Phi) is 4.35. The molecule has 1 saturated carbocycles. The quantitative estimate of drug-likeness (QED) is 0.884. The highest BCUT2D eigenvalue weighted by Crippen LogP contribution is 2.31. The van der Waals surface area contributed by atoms with Crippen molar-refractivity contribution in [3.63, 3.8) is 0 Å². The van der Waals surface area contributed by atoms with Gasteiger partial charge in [0, 0.05) is 17.3 Å². The number of ether oxygens (including phenoxy) is 1. The molecule has 0 atom stereocenters. The zero-order chi connectivity index (χ0) is 17.3. The summed E-state index contributed by atoms with van der Waals surface area (Å²) in [5.74, 6) is 0.998. The number of nitrogens with one attached hydrogen (secondary N) is 1. The van der Waals surface area contributed by atoms with Crippen molar-refractivity contribution in [2.45, 2.75) is 45.6 Å². The molecule has 3 N–H and O–H groups in total. The Morgan fingerprint density at radius 2 is 2.17 bits per heavy atom. The van der Waals surface area contributed by atoms with Crippen LogP contribution >= 0.6 is 0 Å². The first-order valence-electron chi connectivity index (χ1n) is 8.46. The molecular formula is C19H25N3O2. The molecule has 0 saturated heterocycles. The number of pyridine rings is 1. The zero-order valence-electron chi connectivity index (χ0n) is 14.6. The number of nitrogen functional groups attached to an aromatic ring is 1. The molecule has 0 radical (unpaired) electrons. The van der Waals surface area contributed by atoms with Gasteiger partial charge in [0.2, 0.25) is 5.91 Å². The topological polar surface area (TPSA) is 77.2 Å². The first kappa shape index (κ1) is 16.6. The minimum Gasteiger partial charge on any atom is -0.490 e. The van der Waals surface area contributed by atoms with Crippen LogP contribution in [0.3, 0.4) is 0 Å². The summed E-state index contributed by atoms with van der Waals surface area (Å²) in [7, 11) is 0. The van der Waals surface area contributed by atoms with E-state index in [0.29, 0.717) is 18.0 Å². The first-order chi connectivity index (χ1) is 11.4. The maximum atomic E-state index is 12.2. The third-order valence-electron chi connectivity index (χ3n) is 4.48. The van der Waals surface area contributed by atoms with Gasteiger partial charge in [-0.25, -0.2) is 0 Å². The first-order valence-corrected chi connectivity index (χ1v) is 8.46. The lowest BCUT2D eigenvalue weighted by molar-refractivity contribution is -0.129. The summed E-state index contributed by atoms with van der Waals surface area (Å²) in [4.78, 5) is 16.7. The molecule has 0 unspecified atom stereocenters. The lowest BCUT2D eigenvalue weighted by Crippen LogP contribution is -2.50. The number of nitrogens with two attached hydrogens (primary N) is 1. The molecule has 0 aliphatic heterocycles. The summed E-state index contributed by atoms with van der Waals surface area (Å²) in [5.41, 5.74) is 8.07. The largest absolute Gasteiger partial charge is 0.490 e. The monoisotopic (exact) mass is 327 g/mol. The number of aryl methyl sites for hydroxylation is 1. The summed E-state index contributed by atoms with van der Waals surface area (Å²) in [6, 6.07) is 7.57. The number of hydrogen-bond donors (Lipinski definition) is 2. The lowest BCUT2D eigenvalue weighted by atomic mass is 9.84. The van der Waals surface area contributed by atoms with Gasteiger partial charge in [0.05, 0.1) is 16.4 Å². The Morgan fingerprint density at radius 1 is 1.42 bits per heavy atom. The van der Waals surface area contributed by atoms with Crippen LogP contribution in [-0.2, 0) is 4.79 Å². The number of fused-ring (bicyclic) bond motifs is 1. The van der Waals surface area contributed by atoms with E-state index in [-0.39, 0.29) is 11.8 Å². The standard InChI is InChI=1S/C19H25N3O2/c1-12-10-14(20)17-15(21-12)8-5-9-16(17)24-11-19(2,3)22-18(23)13-6-4-7-13/h5,8-10,13H,4,6-7,11H2,1-3H3,(H2,20,21)(H,22,23). The van der Waals surface area contributed by atoms with Crippen LogP contribution in [0, 0.1) is 12.8 Å². The lowest BCUT2D eigenvalue weighted by Gasteiger charge is -2.31. The number of carbonyl (C=O) groups excluding carboxylic acids is 1. The van der Waals surface area contributed by atoms with E-state index >= 15 is 0 Å². The molecule has 1 fully saturated rings. The molecule has 24 heavy (non-hydrogen) atoms. The normalized spacial score (nSPS) is 15.1. The molecule has 1 amide bonds. The second-order valence-electron chi connectivity index (χ2n) is 7.29. The van der Waals surface area contributed by atoms with Gasteiger partial charge in [-0.15, -0.1) is 0 Å². The maximum absolute atomic E-state index is 12.2. The molecule has 0 spiro atoms. The van der Waals surface area contributed by atoms with Gasteiger partial charge in [-0.3, -0.25) is 9.78 Å². The fourth-order valence-electron chi connectivity index (χ4n) is 2.94. The summed E-state index contributed by atoms with van der Waals surface area (Å²) in [5, 5.41) is 3.91. The Morgan fingerprint density at radius 3 is 2.83 bits per heavy atom. The number of carbonyl (C=O) groups is 1. The second-order valence-corrected chi connectivity index (χ2v) is 7.29. The number of nitrogens with zero attached hydrogens (tertiary/aromatic N) is 1. The highest BCUT2D eigenvalue weighted by Gasteiger charge is 2.30. The molecule has 1 aliphatic rings. The molecule has 0 bridgehead atoms. The average Bonchev–Trinajstić information content (AvgIpc) is 2.41. The molecule has 1 heterocycles. The Balaban J connectivity index is 1.74.